The van der Waals surface area contributed by atoms with Crippen molar-refractivity contribution in [1.82, 2.24) is 4.90 Å². The molecule has 0 aliphatic rings. The van der Waals surface area contributed by atoms with Crippen LogP contribution < -0.4 is 0 Å². The van der Waals surface area contributed by atoms with Crippen molar-refractivity contribution < 1.29 is 9.53 Å². The molecule has 1 amide bonds. The maximum atomic E-state index is 13.0. The molecule has 0 heterocycles. The highest BCUT2D eigenvalue weighted by Crippen LogP contribution is 2.20. The molecule has 0 radical (unpaired) electrons. The number of carbonyl (C=O) groups excluding carboxylic acids is 1. The predicted molar refractivity (Wildman–Crippen MR) is 118 cm³/mol. The molecule has 0 aromatic heterocycles. The van der Waals surface area contributed by atoms with Crippen molar-refractivity contribution in [2.75, 3.05) is 6.54 Å². The van der Waals surface area contributed by atoms with Crippen molar-refractivity contribution >= 4 is 6.09 Å². The largest absolute Gasteiger partial charge is 0.446 e. The van der Waals surface area contributed by atoms with E-state index in [0.29, 0.717) is 11.8 Å². The Hall–Kier alpha value is -0.730. The first-order valence-electron chi connectivity index (χ1n) is 11.8. The van der Waals surface area contributed by atoms with Crippen LogP contribution in [-0.4, -0.2) is 29.7 Å². The highest BCUT2D eigenvalue weighted by Gasteiger charge is 2.27. The Morgan fingerprint density at radius 2 is 1.22 bits per heavy atom. The molecule has 0 N–H and O–H groups in total. The second kappa shape index (κ2) is 16.2. The Balaban J connectivity index is 4.70. The van der Waals surface area contributed by atoms with Gasteiger partial charge < -0.3 is 9.64 Å². The van der Waals surface area contributed by atoms with Gasteiger partial charge in [-0.3, -0.25) is 0 Å². The summed E-state index contributed by atoms with van der Waals surface area (Å²) in [5.41, 5.74) is 0. The van der Waals surface area contributed by atoms with Gasteiger partial charge in [0.05, 0.1) is 0 Å². The third kappa shape index (κ3) is 12.4. The number of carbonyl (C=O) groups is 1. The van der Waals surface area contributed by atoms with Crippen molar-refractivity contribution in [3.05, 3.63) is 0 Å². The van der Waals surface area contributed by atoms with Crippen LogP contribution in [0.25, 0.3) is 0 Å². The second-order valence-electron chi connectivity index (χ2n) is 9.00. The average molecular weight is 384 g/mol. The van der Waals surface area contributed by atoms with E-state index in [9.17, 15) is 4.79 Å². The fourth-order valence-electron chi connectivity index (χ4n) is 3.80. The molecule has 0 aliphatic heterocycles. The molecule has 3 nitrogen and oxygen atoms in total. The maximum absolute atomic E-state index is 13.0. The van der Waals surface area contributed by atoms with Gasteiger partial charge in [0, 0.05) is 12.6 Å². The Bertz CT molecular complexity index is 346. The smallest absolute Gasteiger partial charge is 0.410 e. The zero-order chi connectivity index (χ0) is 20.7. The zero-order valence-electron chi connectivity index (χ0n) is 19.6. The first-order chi connectivity index (χ1) is 12.8. The minimum absolute atomic E-state index is 0.00292. The summed E-state index contributed by atoms with van der Waals surface area (Å²) in [6, 6.07) is 0.268. The molecule has 0 spiro atoms. The summed E-state index contributed by atoms with van der Waals surface area (Å²) in [4.78, 5) is 15.0. The molecular formula is C24H49NO2. The normalized spacial score (nSPS) is 12.8. The molecule has 0 rings (SSSR count). The van der Waals surface area contributed by atoms with Crippen molar-refractivity contribution in [2.24, 2.45) is 11.8 Å². The predicted octanol–water partition coefficient (Wildman–Crippen LogP) is 7.83. The van der Waals surface area contributed by atoms with Crippen LogP contribution in [0.15, 0.2) is 0 Å². The third-order valence-corrected chi connectivity index (χ3v) is 5.55. The number of amides is 1. The highest BCUT2D eigenvalue weighted by atomic mass is 16.6. The molecule has 162 valence electrons. The second-order valence-corrected chi connectivity index (χ2v) is 9.00. The van der Waals surface area contributed by atoms with Gasteiger partial charge in [0.25, 0.3) is 0 Å². The van der Waals surface area contributed by atoms with Gasteiger partial charge in [0.1, 0.15) is 6.10 Å². The molecule has 0 aromatic rings. The van der Waals surface area contributed by atoms with Crippen molar-refractivity contribution in [3.8, 4) is 0 Å². The molecule has 0 aromatic carbocycles. The van der Waals surface area contributed by atoms with Crippen LogP contribution in [0.2, 0.25) is 0 Å². The summed E-state index contributed by atoms with van der Waals surface area (Å²) in [7, 11) is 0. The standard InChI is InChI=1S/C24H49NO2/c1-8-10-12-14-15-17-19-25(22(7)18-16-13-11-9-2)24(26)27-23(20(3)4)21(5)6/h20-23H,8-19H2,1-7H3. The maximum Gasteiger partial charge on any atom is 0.410 e. The van der Waals surface area contributed by atoms with Crippen LogP contribution in [0.5, 0.6) is 0 Å². The van der Waals surface area contributed by atoms with Crippen LogP contribution in [0.4, 0.5) is 4.79 Å². The van der Waals surface area contributed by atoms with E-state index in [-0.39, 0.29) is 18.2 Å². The SMILES string of the molecule is CCCCCCCCN(C(=O)OC(C(C)C)C(C)C)C(C)CCCCCC. The van der Waals surface area contributed by atoms with Gasteiger partial charge in [-0.1, -0.05) is 99.3 Å². The van der Waals surface area contributed by atoms with Gasteiger partial charge in [-0.05, 0) is 31.6 Å². The van der Waals surface area contributed by atoms with Crippen LogP contribution in [0.1, 0.15) is 119 Å². The lowest BCUT2D eigenvalue weighted by molar-refractivity contribution is 0.0108. The fraction of sp³-hybridized carbons (Fsp3) is 0.958. The average Bonchev–Trinajstić information content (AvgIpc) is 2.61. The zero-order valence-corrected chi connectivity index (χ0v) is 19.6. The number of ether oxygens (including phenoxy) is 1. The van der Waals surface area contributed by atoms with E-state index in [0.717, 1.165) is 19.4 Å². The number of unbranched alkanes of at least 4 members (excludes halogenated alkanes) is 8. The molecule has 1 unspecified atom stereocenters. The summed E-state index contributed by atoms with van der Waals surface area (Å²) in [5.74, 6) is 0.703. The van der Waals surface area contributed by atoms with Crippen LogP contribution in [0, 0.1) is 11.8 Å². The number of hydrogen-bond acceptors (Lipinski definition) is 2. The topological polar surface area (TPSA) is 29.5 Å². The van der Waals surface area contributed by atoms with Crippen LogP contribution in [0.3, 0.4) is 0 Å². The van der Waals surface area contributed by atoms with Gasteiger partial charge >= 0.3 is 6.09 Å². The molecule has 0 saturated carbocycles. The minimum atomic E-state index is -0.0982. The number of hydrogen-bond donors (Lipinski definition) is 0. The Kier molecular flexibility index (Phi) is 15.8. The van der Waals surface area contributed by atoms with Gasteiger partial charge in [-0.2, -0.15) is 0 Å². The summed E-state index contributed by atoms with van der Waals surface area (Å²) < 4.78 is 5.97. The van der Waals surface area contributed by atoms with Crippen molar-refractivity contribution in [1.29, 1.82) is 0 Å². The number of nitrogens with zero attached hydrogens (tertiary/aromatic N) is 1. The monoisotopic (exact) mass is 383 g/mol. The van der Waals surface area contributed by atoms with Gasteiger partial charge in [-0.25, -0.2) is 4.79 Å². The molecule has 3 heteroatoms. The van der Waals surface area contributed by atoms with Gasteiger partial charge in [0.15, 0.2) is 0 Å². The van der Waals surface area contributed by atoms with Crippen molar-refractivity contribution in [2.45, 2.75) is 131 Å². The first-order valence-corrected chi connectivity index (χ1v) is 11.8. The Morgan fingerprint density at radius 3 is 1.74 bits per heavy atom. The van der Waals surface area contributed by atoms with Crippen LogP contribution >= 0.6 is 0 Å². The summed E-state index contributed by atoms with van der Waals surface area (Å²) in [6.45, 7) is 16.1. The highest BCUT2D eigenvalue weighted by molar-refractivity contribution is 5.68. The van der Waals surface area contributed by atoms with Crippen molar-refractivity contribution in [3.63, 3.8) is 0 Å². The lowest BCUT2D eigenvalue weighted by atomic mass is 9.96. The van der Waals surface area contributed by atoms with E-state index in [4.69, 9.17) is 4.74 Å². The summed E-state index contributed by atoms with van der Waals surface area (Å²) in [6.07, 6.45) is 13.5. The molecule has 0 aliphatic carbocycles. The van der Waals surface area contributed by atoms with E-state index in [2.05, 4.69) is 48.5 Å². The molecule has 0 bridgehead atoms. The summed E-state index contributed by atoms with van der Waals surface area (Å²) in [5, 5.41) is 0. The van der Waals surface area contributed by atoms with E-state index in [1.807, 2.05) is 4.90 Å². The van der Waals surface area contributed by atoms with E-state index in [1.54, 1.807) is 0 Å². The number of rotatable bonds is 16. The quantitative estimate of drug-likeness (QED) is 0.254. The lowest BCUT2D eigenvalue weighted by Crippen LogP contribution is -2.43. The Morgan fingerprint density at radius 1 is 0.741 bits per heavy atom. The molecule has 27 heavy (non-hydrogen) atoms. The van der Waals surface area contributed by atoms with E-state index >= 15 is 0 Å². The third-order valence-electron chi connectivity index (χ3n) is 5.55. The molecular weight excluding hydrogens is 334 g/mol. The van der Waals surface area contributed by atoms with Crippen LogP contribution in [-0.2, 0) is 4.74 Å². The van der Waals surface area contributed by atoms with E-state index in [1.165, 1.54) is 57.8 Å². The Labute approximate surface area is 170 Å². The van der Waals surface area contributed by atoms with Gasteiger partial charge in [-0.15, -0.1) is 0 Å². The lowest BCUT2D eigenvalue weighted by Gasteiger charge is -2.33. The summed E-state index contributed by atoms with van der Waals surface area (Å²) >= 11 is 0. The van der Waals surface area contributed by atoms with E-state index < -0.39 is 0 Å². The first kappa shape index (κ1) is 26.3. The molecule has 0 saturated heterocycles. The molecule has 0 fully saturated rings. The van der Waals surface area contributed by atoms with Gasteiger partial charge in [0.2, 0.25) is 0 Å². The minimum Gasteiger partial charge on any atom is -0.446 e. The fourth-order valence-corrected chi connectivity index (χ4v) is 3.80. The molecule has 1 atom stereocenters.